The molecule has 2 heteroatoms. The Morgan fingerprint density at radius 1 is 0.475 bits per heavy atom. The molecule has 2 atom stereocenters. The van der Waals surface area contributed by atoms with Crippen LogP contribution in [0, 0.1) is 0 Å². The number of rotatable bonds is 7. The quantitative estimate of drug-likeness (QED) is 0.156. The van der Waals surface area contributed by atoms with Crippen LogP contribution < -0.4 is 21.2 Å². The van der Waals surface area contributed by atoms with Crippen molar-refractivity contribution in [3.63, 3.8) is 0 Å². The molecule has 2 aliphatic rings. The summed E-state index contributed by atoms with van der Waals surface area (Å²) in [5.41, 5.74) is 3.73. The van der Waals surface area contributed by atoms with E-state index in [4.69, 9.17) is 0 Å². The second kappa shape index (κ2) is 10.9. The summed E-state index contributed by atoms with van der Waals surface area (Å²) in [5.74, 6) is 0. The molecule has 0 spiro atoms. The van der Waals surface area contributed by atoms with Gasteiger partial charge in [0.1, 0.15) is 10.6 Å². The number of unbranched alkanes of at least 4 members (excludes halogenated alkanes) is 1. The highest BCUT2D eigenvalue weighted by molar-refractivity contribution is 7.90. The highest BCUT2D eigenvalue weighted by Crippen LogP contribution is 2.65. The molecule has 0 aromatic heterocycles. The molecule has 2 unspecified atom stereocenters. The maximum absolute atomic E-state index is 2.49. The van der Waals surface area contributed by atoms with E-state index in [0.717, 1.165) is 0 Å². The molecular weight excluding hydrogens is 518 g/mol. The van der Waals surface area contributed by atoms with Crippen molar-refractivity contribution in [2.45, 2.75) is 64.2 Å². The molecule has 0 saturated heterocycles. The maximum atomic E-state index is 2.49. The van der Waals surface area contributed by atoms with E-state index in [2.05, 4.69) is 137 Å². The Balaban J connectivity index is 1.34. The fourth-order valence-electron chi connectivity index (χ4n) is 7.74. The van der Waals surface area contributed by atoms with Gasteiger partial charge in [-0.25, -0.2) is 0 Å². The Hall–Kier alpha value is -2.26. The Morgan fingerprint density at radius 3 is 1.23 bits per heavy atom. The summed E-state index contributed by atoms with van der Waals surface area (Å²) >= 11 is 0. The number of benzene rings is 4. The van der Waals surface area contributed by atoms with Gasteiger partial charge in [-0.05, 0) is 72.9 Å². The third-order valence-electron chi connectivity index (χ3n) is 10.3. The van der Waals surface area contributed by atoms with Crippen molar-refractivity contribution < 1.29 is 0 Å². The van der Waals surface area contributed by atoms with Crippen LogP contribution in [0.3, 0.4) is 0 Å². The molecule has 0 radical (unpaired) electrons. The van der Waals surface area contributed by atoms with Crippen molar-refractivity contribution in [2.24, 2.45) is 0 Å². The maximum Gasteiger partial charge on any atom is 0.103 e. The Bertz CT molecular complexity index is 1340. The first-order chi connectivity index (χ1) is 19.3. The number of fused-ring (bicyclic) bond motifs is 2. The summed E-state index contributed by atoms with van der Waals surface area (Å²) in [7, 11) is -2.90. The van der Waals surface area contributed by atoms with Crippen LogP contribution in [-0.2, 0) is 10.8 Å². The summed E-state index contributed by atoms with van der Waals surface area (Å²) in [6, 6.07) is 42.2. The predicted octanol–water partition coefficient (Wildman–Crippen LogP) is 8.47. The van der Waals surface area contributed by atoms with Crippen LogP contribution in [0.1, 0.15) is 64.5 Å². The van der Waals surface area contributed by atoms with E-state index < -0.39 is 14.5 Å². The van der Waals surface area contributed by atoms with Crippen molar-refractivity contribution in [1.82, 2.24) is 0 Å². The lowest BCUT2D eigenvalue weighted by molar-refractivity contribution is 0.505. The zero-order valence-corrected chi connectivity index (χ0v) is 26.7. The van der Waals surface area contributed by atoms with Crippen LogP contribution in [0.15, 0.2) is 109 Å². The van der Waals surface area contributed by atoms with Crippen LogP contribution in [-0.4, -0.2) is 24.6 Å². The minimum absolute atomic E-state index is 0.260. The first-order valence-corrected chi connectivity index (χ1v) is 19.7. The summed E-state index contributed by atoms with van der Waals surface area (Å²) < 4.78 is 0. The SMILES string of the molecule is CC1(C)CC[P+](CCCC[P+]2(c3ccccc3)CCC(C)(C)c3ccccc32)(c2ccccc2)c2ccccc21. The van der Waals surface area contributed by atoms with Gasteiger partial charge in [-0.3, -0.25) is 0 Å². The zero-order chi connectivity index (χ0) is 27.8. The molecule has 2 heterocycles. The summed E-state index contributed by atoms with van der Waals surface area (Å²) in [6.07, 6.45) is 10.6. The van der Waals surface area contributed by atoms with Gasteiger partial charge in [0.15, 0.2) is 0 Å². The molecule has 0 saturated carbocycles. The van der Waals surface area contributed by atoms with Crippen LogP contribution in [0.25, 0.3) is 0 Å². The van der Waals surface area contributed by atoms with Crippen LogP contribution in [0.5, 0.6) is 0 Å². The van der Waals surface area contributed by atoms with Gasteiger partial charge in [-0.2, -0.15) is 0 Å². The lowest BCUT2D eigenvalue weighted by Gasteiger charge is -2.41. The van der Waals surface area contributed by atoms with E-state index in [-0.39, 0.29) is 10.8 Å². The molecule has 0 nitrogen and oxygen atoms in total. The van der Waals surface area contributed by atoms with Crippen molar-refractivity contribution in [3.05, 3.63) is 120 Å². The minimum atomic E-state index is -1.45. The average Bonchev–Trinajstić information content (AvgIpc) is 2.99. The van der Waals surface area contributed by atoms with E-state index in [9.17, 15) is 0 Å². The normalized spacial score (nSPS) is 24.6. The highest BCUT2D eigenvalue weighted by Gasteiger charge is 2.52. The lowest BCUT2D eigenvalue weighted by Crippen LogP contribution is -2.41. The second-order valence-electron chi connectivity index (χ2n) is 13.5. The molecule has 4 aromatic rings. The molecular formula is C38H46P2+2. The molecule has 0 fully saturated rings. The third-order valence-corrected chi connectivity index (χ3v) is 19.6. The van der Waals surface area contributed by atoms with Gasteiger partial charge in [0.05, 0.1) is 49.8 Å². The molecule has 4 aromatic carbocycles. The van der Waals surface area contributed by atoms with Gasteiger partial charge in [-0.1, -0.05) is 100 Å². The van der Waals surface area contributed by atoms with Crippen molar-refractivity contribution >= 4 is 35.7 Å². The van der Waals surface area contributed by atoms with Gasteiger partial charge in [0, 0.05) is 11.1 Å². The first-order valence-electron chi connectivity index (χ1n) is 15.3. The standard InChI is InChI=1S/C38H46P2/c1-37(2)25-29-39(31-17-7-5-8-18-31,35-23-13-11-21-33(35)37)27-15-16-28-40(32-19-9-6-10-20-32)30-26-38(3,4)34-22-12-14-24-36(34)40/h5-14,17-24H,15-16,25-30H2,1-4H3/q+2. The van der Waals surface area contributed by atoms with E-state index in [1.165, 1.54) is 50.3 Å². The molecule has 40 heavy (non-hydrogen) atoms. The van der Waals surface area contributed by atoms with E-state index in [1.54, 1.807) is 32.3 Å². The van der Waals surface area contributed by atoms with Crippen molar-refractivity contribution in [2.75, 3.05) is 24.6 Å². The minimum Gasteiger partial charge on any atom is -0.0620 e. The molecule has 0 N–H and O–H groups in total. The lowest BCUT2D eigenvalue weighted by atomic mass is 9.82. The molecule has 0 bridgehead atoms. The van der Waals surface area contributed by atoms with Gasteiger partial charge < -0.3 is 0 Å². The largest absolute Gasteiger partial charge is 0.103 e. The zero-order valence-electron chi connectivity index (χ0n) is 24.9. The highest BCUT2D eigenvalue weighted by atomic mass is 31.2. The van der Waals surface area contributed by atoms with Gasteiger partial charge >= 0.3 is 0 Å². The van der Waals surface area contributed by atoms with E-state index in [0.29, 0.717) is 0 Å². The van der Waals surface area contributed by atoms with Crippen LogP contribution >= 0.6 is 14.5 Å². The van der Waals surface area contributed by atoms with Crippen LogP contribution in [0.4, 0.5) is 0 Å². The van der Waals surface area contributed by atoms with Gasteiger partial charge in [0.2, 0.25) is 0 Å². The summed E-state index contributed by atoms with van der Waals surface area (Å²) in [6.45, 7) is 9.84. The Morgan fingerprint density at radius 2 is 0.825 bits per heavy atom. The molecule has 206 valence electrons. The molecule has 0 amide bonds. The van der Waals surface area contributed by atoms with E-state index in [1.807, 2.05) is 0 Å². The number of hydrogen-bond acceptors (Lipinski definition) is 0. The predicted molar refractivity (Wildman–Crippen MR) is 182 cm³/mol. The fraction of sp³-hybridized carbons (Fsp3) is 0.368. The summed E-state index contributed by atoms with van der Waals surface area (Å²) in [5, 5.41) is 6.62. The van der Waals surface area contributed by atoms with Crippen LogP contribution in [0.2, 0.25) is 0 Å². The average molecular weight is 565 g/mol. The number of hydrogen-bond donors (Lipinski definition) is 0. The third kappa shape index (κ3) is 4.81. The second-order valence-corrected chi connectivity index (χ2v) is 21.2. The smallest absolute Gasteiger partial charge is 0.0620 e. The van der Waals surface area contributed by atoms with Crippen molar-refractivity contribution in [1.29, 1.82) is 0 Å². The molecule has 2 aliphatic heterocycles. The van der Waals surface area contributed by atoms with Gasteiger partial charge in [0.25, 0.3) is 0 Å². The molecule has 0 aliphatic carbocycles. The van der Waals surface area contributed by atoms with E-state index >= 15 is 0 Å². The first kappa shape index (κ1) is 27.9. The Kier molecular flexibility index (Phi) is 7.57. The van der Waals surface area contributed by atoms with Crippen molar-refractivity contribution in [3.8, 4) is 0 Å². The van der Waals surface area contributed by atoms with Gasteiger partial charge in [-0.15, -0.1) is 0 Å². The Labute approximate surface area is 244 Å². The summed E-state index contributed by atoms with van der Waals surface area (Å²) in [4.78, 5) is 0. The fourth-order valence-corrected chi connectivity index (χ4v) is 18.1. The molecule has 6 rings (SSSR count). The monoisotopic (exact) mass is 564 g/mol. The topological polar surface area (TPSA) is 0 Å².